The van der Waals surface area contributed by atoms with Crippen molar-refractivity contribution in [3.63, 3.8) is 0 Å². The molecule has 6 nitrogen and oxygen atoms in total. The Balaban J connectivity index is 3.15. The number of hydrogen-bond acceptors (Lipinski definition) is 5. The van der Waals surface area contributed by atoms with E-state index in [2.05, 4.69) is 4.98 Å². The number of aromatic nitrogens is 1. The molecule has 1 heterocycles. The SMILES string of the molecule is CCC(CC)N(CCO)c1cc(C(=O)O)c(N)cn1. The summed E-state index contributed by atoms with van der Waals surface area (Å²) < 4.78 is 0. The van der Waals surface area contributed by atoms with Crippen molar-refractivity contribution in [1.82, 2.24) is 4.98 Å². The number of carboxylic acids is 1. The molecule has 1 aromatic rings. The topological polar surface area (TPSA) is 99.7 Å². The van der Waals surface area contributed by atoms with Crippen LogP contribution in [0.15, 0.2) is 12.3 Å². The van der Waals surface area contributed by atoms with Crippen molar-refractivity contribution < 1.29 is 15.0 Å². The molecule has 0 saturated heterocycles. The summed E-state index contributed by atoms with van der Waals surface area (Å²) >= 11 is 0. The Kier molecular flexibility index (Phi) is 5.57. The molecule has 0 aliphatic rings. The van der Waals surface area contributed by atoms with Crippen molar-refractivity contribution in [2.24, 2.45) is 0 Å². The zero-order chi connectivity index (χ0) is 14.4. The van der Waals surface area contributed by atoms with Crippen molar-refractivity contribution >= 4 is 17.5 Å². The van der Waals surface area contributed by atoms with E-state index in [4.69, 9.17) is 15.9 Å². The second-order valence-electron chi connectivity index (χ2n) is 4.32. The molecular formula is C13H21N3O3. The fourth-order valence-electron chi connectivity index (χ4n) is 2.12. The summed E-state index contributed by atoms with van der Waals surface area (Å²) in [6.45, 7) is 4.51. The maximum absolute atomic E-state index is 11.1. The highest BCUT2D eigenvalue weighted by Crippen LogP contribution is 2.22. The minimum Gasteiger partial charge on any atom is -0.478 e. The van der Waals surface area contributed by atoms with Crippen LogP contribution in [-0.2, 0) is 0 Å². The number of pyridine rings is 1. The average Bonchev–Trinajstić information content (AvgIpc) is 2.39. The van der Waals surface area contributed by atoms with E-state index in [1.54, 1.807) is 0 Å². The lowest BCUT2D eigenvalue weighted by molar-refractivity contribution is 0.0698. The quantitative estimate of drug-likeness (QED) is 0.689. The molecule has 19 heavy (non-hydrogen) atoms. The van der Waals surface area contributed by atoms with Gasteiger partial charge in [0.15, 0.2) is 0 Å². The first-order valence-corrected chi connectivity index (χ1v) is 6.41. The highest BCUT2D eigenvalue weighted by Gasteiger charge is 2.19. The van der Waals surface area contributed by atoms with Crippen molar-refractivity contribution in [1.29, 1.82) is 0 Å². The molecule has 0 aromatic carbocycles. The first-order valence-electron chi connectivity index (χ1n) is 6.41. The minimum absolute atomic E-state index is 0.00897. The number of rotatable bonds is 7. The Bertz CT molecular complexity index is 433. The lowest BCUT2D eigenvalue weighted by Gasteiger charge is -2.31. The molecule has 0 aliphatic carbocycles. The Labute approximate surface area is 112 Å². The first-order chi connectivity index (χ1) is 9.04. The average molecular weight is 267 g/mol. The van der Waals surface area contributed by atoms with Gasteiger partial charge in [-0.3, -0.25) is 0 Å². The van der Waals surface area contributed by atoms with Crippen molar-refractivity contribution in [2.45, 2.75) is 32.7 Å². The highest BCUT2D eigenvalue weighted by molar-refractivity contribution is 5.94. The standard InChI is InChI=1S/C13H21N3O3/c1-3-9(4-2)16(5-6-17)12-7-10(13(18)19)11(14)8-15-12/h7-9,17H,3-6,14H2,1-2H3,(H,18,19). The van der Waals surface area contributed by atoms with Crippen LogP contribution in [0.1, 0.15) is 37.0 Å². The van der Waals surface area contributed by atoms with Gasteiger partial charge in [0.05, 0.1) is 24.1 Å². The van der Waals surface area contributed by atoms with E-state index >= 15 is 0 Å². The van der Waals surface area contributed by atoms with Gasteiger partial charge < -0.3 is 20.8 Å². The van der Waals surface area contributed by atoms with Gasteiger partial charge in [-0.05, 0) is 18.9 Å². The molecule has 0 unspecified atom stereocenters. The number of carbonyl (C=O) groups is 1. The number of nitrogen functional groups attached to an aromatic ring is 1. The van der Waals surface area contributed by atoms with Gasteiger partial charge in [-0.15, -0.1) is 0 Å². The Hall–Kier alpha value is -1.82. The summed E-state index contributed by atoms with van der Waals surface area (Å²) in [5.74, 6) is -0.538. The van der Waals surface area contributed by atoms with E-state index in [9.17, 15) is 4.79 Å². The van der Waals surface area contributed by atoms with Crippen LogP contribution >= 0.6 is 0 Å². The van der Waals surface area contributed by atoms with Crippen LogP contribution in [0.5, 0.6) is 0 Å². The summed E-state index contributed by atoms with van der Waals surface area (Å²) in [6, 6.07) is 1.68. The number of aromatic carboxylic acids is 1. The smallest absolute Gasteiger partial charge is 0.337 e. The van der Waals surface area contributed by atoms with E-state index in [0.717, 1.165) is 12.8 Å². The molecular weight excluding hydrogens is 246 g/mol. The van der Waals surface area contributed by atoms with Crippen molar-refractivity contribution in [3.05, 3.63) is 17.8 Å². The molecule has 0 radical (unpaired) electrons. The van der Waals surface area contributed by atoms with Crippen LogP contribution in [0.2, 0.25) is 0 Å². The lowest BCUT2D eigenvalue weighted by Crippen LogP contribution is -2.37. The molecule has 106 valence electrons. The molecule has 0 saturated carbocycles. The fourth-order valence-corrected chi connectivity index (χ4v) is 2.12. The minimum atomic E-state index is -1.07. The van der Waals surface area contributed by atoms with Crippen molar-refractivity contribution in [3.8, 4) is 0 Å². The van der Waals surface area contributed by atoms with Crippen LogP contribution in [0, 0.1) is 0 Å². The van der Waals surface area contributed by atoms with Gasteiger partial charge in [-0.1, -0.05) is 13.8 Å². The zero-order valence-corrected chi connectivity index (χ0v) is 11.3. The van der Waals surface area contributed by atoms with Crippen LogP contribution in [0.25, 0.3) is 0 Å². The third-order valence-corrected chi connectivity index (χ3v) is 3.17. The molecule has 0 fully saturated rings. The normalized spacial score (nSPS) is 10.7. The predicted molar refractivity (Wildman–Crippen MR) is 74.4 cm³/mol. The number of hydrogen-bond donors (Lipinski definition) is 3. The molecule has 1 rings (SSSR count). The second kappa shape index (κ2) is 6.94. The van der Waals surface area contributed by atoms with Crippen LogP contribution in [0.3, 0.4) is 0 Å². The molecule has 0 spiro atoms. The number of anilines is 2. The summed E-state index contributed by atoms with van der Waals surface area (Å²) in [5, 5.41) is 18.2. The van der Waals surface area contributed by atoms with E-state index in [-0.39, 0.29) is 23.9 Å². The lowest BCUT2D eigenvalue weighted by atomic mass is 10.1. The third kappa shape index (κ3) is 3.57. The van der Waals surface area contributed by atoms with Gasteiger partial charge >= 0.3 is 5.97 Å². The molecule has 0 amide bonds. The van der Waals surface area contributed by atoms with E-state index in [0.29, 0.717) is 12.4 Å². The number of carboxylic acid groups (broad SMARTS) is 1. The Morgan fingerprint density at radius 2 is 2.11 bits per heavy atom. The van der Waals surface area contributed by atoms with Crippen LogP contribution in [-0.4, -0.2) is 40.4 Å². The van der Waals surface area contributed by atoms with Gasteiger partial charge in [0.1, 0.15) is 5.82 Å². The maximum atomic E-state index is 11.1. The third-order valence-electron chi connectivity index (χ3n) is 3.17. The van der Waals surface area contributed by atoms with Gasteiger partial charge in [-0.25, -0.2) is 9.78 Å². The van der Waals surface area contributed by atoms with Gasteiger partial charge in [0, 0.05) is 12.6 Å². The summed E-state index contributed by atoms with van der Waals surface area (Å²) in [5.41, 5.74) is 5.78. The number of nitrogens with zero attached hydrogens (tertiary/aromatic N) is 2. The predicted octanol–water partition coefficient (Wildman–Crippen LogP) is 1.35. The van der Waals surface area contributed by atoms with Gasteiger partial charge in [0.2, 0.25) is 0 Å². The van der Waals surface area contributed by atoms with Gasteiger partial charge in [-0.2, -0.15) is 0 Å². The summed E-state index contributed by atoms with van der Waals surface area (Å²) in [4.78, 5) is 17.2. The maximum Gasteiger partial charge on any atom is 0.337 e. The zero-order valence-electron chi connectivity index (χ0n) is 11.3. The van der Waals surface area contributed by atoms with E-state index < -0.39 is 5.97 Å². The first kappa shape index (κ1) is 15.2. The second-order valence-corrected chi connectivity index (χ2v) is 4.32. The molecule has 1 aromatic heterocycles. The molecule has 4 N–H and O–H groups in total. The van der Waals surface area contributed by atoms with Crippen LogP contribution in [0.4, 0.5) is 11.5 Å². The molecule has 0 atom stereocenters. The molecule has 0 aliphatic heterocycles. The number of aliphatic hydroxyl groups excluding tert-OH is 1. The fraction of sp³-hybridized carbons (Fsp3) is 0.538. The van der Waals surface area contributed by atoms with E-state index in [1.807, 2.05) is 18.7 Å². The largest absolute Gasteiger partial charge is 0.478 e. The summed E-state index contributed by atoms with van der Waals surface area (Å²) in [7, 11) is 0. The summed E-state index contributed by atoms with van der Waals surface area (Å²) in [6.07, 6.45) is 3.14. The highest BCUT2D eigenvalue weighted by atomic mass is 16.4. The number of aliphatic hydroxyl groups is 1. The van der Waals surface area contributed by atoms with Gasteiger partial charge in [0.25, 0.3) is 0 Å². The molecule has 6 heteroatoms. The van der Waals surface area contributed by atoms with Crippen molar-refractivity contribution in [2.75, 3.05) is 23.8 Å². The van der Waals surface area contributed by atoms with Crippen LogP contribution < -0.4 is 10.6 Å². The molecule has 0 bridgehead atoms. The van der Waals surface area contributed by atoms with E-state index in [1.165, 1.54) is 12.3 Å². The Morgan fingerprint density at radius 1 is 1.47 bits per heavy atom. The monoisotopic (exact) mass is 267 g/mol. The Morgan fingerprint density at radius 3 is 2.58 bits per heavy atom. The number of nitrogens with two attached hydrogens (primary N) is 1.